The number of aromatic nitrogens is 2. The summed E-state index contributed by atoms with van der Waals surface area (Å²) in [5.74, 6) is -0.663. The predicted octanol–water partition coefficient (Wildman–Crippen LogP) is 5.44. The number of allylic oxidation sites excluding steroid dienone is 1. The Bertz CT molecular complexity index is 1390. The van der Waals surface area contributed by atoms with Crippen LogP contribution in [-0.2, 0) is 11.3 Å². The van der Waals surface area contributed by atoms with Gasteiger partial charge in [0.25, 0.3) is 0 Å². The second kappa shape index (κ2) is 7.99. The van der Waals surface area contributed by atoms with Crippen molar-refractivity contribution >= 4 is 50.9 Å². The first-order valence-corrected chi connectivity index (χ1v) is 11.3. The van der Waals surface area contributed by atoms with Crippen molar-refractivity contribution in [2.75, 3.05) is 0 Å². The molecule has 2 aromatic carbocycles. The molecule has 0 amide bonds. The van der Waals surface area contributed by atoms with Crippen LogP contribution >= 0.6 is 23.1 Å². The van der Waals surface area contributed by atoms with Gasteiger partial charge in [-0.25, -0.2) is 4.98 Å². The van der Waals surface area contributed by atoms with E-state index in [2.05, 4.69) is 15.6 Å². The number of hydrogen-bond donors (Lipinski definition) is 1. The number of thioether (sulfide) groups is 1. The van der Waals surface area contributed by atoms with Gasteiger partial charge in [0.1, 0.15) is 10.9 Å². The smallest absolute Gasteiger partial charge is 0.186 e. The minimum Gasteiger partial charge on any atom is -0.342 e. The van der Waals surface area contributed by atoms with E-state index in [1.807, 2.05) is 66.2 Å². The number of nitrogens with one attached hydrogen (secondary N) is 1. The molecule has 0 aliphatic carbocycles. The standard InChI is InChI=1S/C24H16N4OS2/c25-12-15-5-1-2-6-16(15)13-28-14-17(18-7-3-4-8-19(18)28)11-20-22(29)21(23(26)31-20)24-27-9-10-30-24/h1-11,14,21,26H,13H2/b20-11-,26-23?/t21-/m0/s1. The lowest BCUT2D eigenvalue weighted by Crippen LogP contribution is -2.11. The van der Waals surface area contributed by atoms with Crippen LogP contribution in [-0.4, -0.2) is 20.4 Å². The van der Waals surface area contributed by atoms with Crippen molar-refractivity contribution < 1.29 is 4.79 Å². The highest BCUT2D eigenvalue weighted by molar-refractivity contribution is 8.19. The molecular weight excluding hydrogens is 424 g/mol. The zero-order valence-corrected chi connectivity index (χ0v) is 17.9. The summed E-state index contributed by atoms with van der Waals surface area (Å²) in [4.78, 5) is 17.8. The van der Waals surface area contributed by atoms with Gasteiger partial charge in [-0.15, -0.1) is 11.3 Å². The molecule has 1 aliphatic rings. The van der Waals surface area contributed by atoms with Crippen molar-refractivity contribution in [3.63, 3.8) is 0 Å². The highest BCUT2D eigenvalue weighted by atomic mass is 32.2. The molecule has 0 unspecified atom stereocenters. The second-order valence-corrected chi connectivity index (χ2v) is 9.15. The quantitative estimate of drug-likeness (QED) is 0.429. The predicted molar refractivity (Wildman–Crippen MR) is 125 cm³/mol. The van der Waals surface area contributed by atoms with Crippen molar-refractivity contribution in [2.24, 2.45) is 0 Å². The van der Waals surface area contributed by atoms with Crippen molar-refractivity contribution in [3.05, 3.63) is 92.9 Å². The normalized spacial score (nSPS) is 17.5. The minimum absolute atomic E-state index is 0.0726. The van der Waals surface area contributed by atoms with Crippen molar-refractivity contribution in [1.29, 1.82) is 10.7 Å². The van der Waals surface area contributed by atoms with Crippen LogP contribution in [0.5, 0.6) is 0 Å². The summed E-state index contributed by atoms with van der Waals surface area (Å²) in [7, 11) is 0. The summed E-state index contributed by atoms with van der Waals surface area (Å²) < 4.78 is 2.10. The Labute approximate surface area is 187 Å². The first-order valence-electron chi connectivity index (χ1n) is 9.63. The van der Waals surface area contributed by atoms with E-state index in [0.717, 1.165) is 22.0 Å². The number of carbonyl (C=O) groups excluding carboxylic acids is 1. The van der Waals surface area contributed by atoms with Gasteiger partial charge >= 0.3 is 0 Å². The van der Waals surface area contributed by atoms with Crippen LogP contribution in [0.2, 0.25) is 0 Å². The Hall–Kier alpha value is -3.47. The van der Waals surface area contributed by atoms with Crippen LogP contribution in [0.25, 0.3) is 17.0 Å². The Morgan fingerprint density at radius 3 is 2.81 bits per heavy atom. The average Bonchev–Trinajstić information content (AvgIpc) is 3.49. The Balaban J connectivity index is 1.55. The molecule has 1 fully saturated rings. The average molecular weight is 441 g/mol. The summed E-state index contributed by atoms with van der Waals surface area (Å²) in [6, 6.07) is 17.9. The topological polar surface area (TPSA) is 82.5 Å². The molecule has 31 heavy (non-hydrogen) atoms. The molecule has 3 heterocycles. The molecule has 1 saturated heterocycles. The summed E-state index contributed by atoms with van der Waals surface area (Å²) in [6.07, 6.45) is 5.56. The summed E-state index contributed by atoms with van der Waals surface area (Å²) in [5, 5.41) is 21.6. The molecule has 0 spiro atoms. The van der Waals surface area contributed by atoms with Crippen LogP contribution in [0, 0.1) is 16.7 Å². The van der Waals surface area contributed by atoms with Gasteiger partial charge in [0.05, 0.1) is 21.6 Å². The minimum atomic E-state index is -0.591. The summed E-state index contributed by atoms with van der Waals surface area (Å²) >= 11 is 2.62. The van der Waals surface area contributed by atoms with Crippen LogP contribution in [0.15, 0.2) is 71.2 Å². The number of fused-ring (bicyclic) bond motifs is 1. The number of hydrogen-bond acceptors (Lipinski definition) is 6. The number of nitrogens with zero attached hydrogens (tertiary/aromatic N) is 3. The number of rotatable bonds is 4. The number of carbonyl (C=O) groups is 1. The van der Waals surface area contributed by atoms with Gasteiger partial charge in [-0.1, -0.05) is 48.2 Å². The third kappa shape index (κ3) is 3.50. The molecule has 4 aromatic rings. The molecule has 0 radical (unpaired) electrons. The summed E-state index contributed by atoms with van der Waals surface area (Å²) in [6.45, 7) is 0.562. The van der Waals surface area contributed by atoms with Gasteiger partial charge in [-0.3, -0.25) is 10.2 Å². The molecule has 7 heteroatoms. The van der Waals surface area contributed by atoms with E-state index in [4.69, 9.17) is 5.41 Å². The zero-order chi connectivity index (χ0) is 21.4. The molecule has 5 nitrogen and oxygen atoms in total. The maximum Gasteiger partial charge on any atom is 0.186 e. The molecule has 0 bridgehead atoms. The van der Waals surface area contributed by atoms with E-state index in [1.54, 1.807) is 6.20 Å². The van der Waals surface area contributed by atoms with Crippen molar-refractivity contribution in [1.82, 2.24) is 9.55 Å². The fourth-order valence-electron chi connectivity index (χ4n) is 3.80. The Morgan fingerprint density at radius 2 is 2.00 bits per heavy atom. The fraction of sp³-hybridized carbons (Fsp3) is 0.0833. The monoisotopic (exact) mass is 440 g/mol. The first kappa shape index (κ1) is 19.5. The van der Waals surface area contributed by atoms with Gasteiger partial charge in [-0.2, -0.15) is 5.26 Å². The van der Waals surface area contributed by atoms with Crippen LogP contribution < -0.4 is 0 Å². The Kier molecular flexibility index (Phi) is 5.02. The second-order valence-electron chi connectivity index (χ2n) is 7.14. The highest BCUT2D eigenvalue weighted by Crippen LogP contribution is 2.41. The van der Waals surface area contributed by atoms with Gasteiger partial charge < -0.3 is 4.57 Å². The van der Waals surface area contributed by atoms with Crippen LogP contribution in [0.1, 0.15) is 27.6 Å². The van der Waals surface area contributed by atoms with Gasteiger partial charge in [0, 0.05) is 40.8 Å². The molecule has 1 atom stereocenters. The molecule has 1 aliphatic heterocycles. The third-order valence-electron chi connectivity index (χ3n) is 5.27. The molecule has 5 rings (SSSR count). The SMILES string of the molecule is N#Cc1ccccc1Cn1cc(/C=C2\SC(=N)[C@@H](c3nccs3)C2=O)c2ccccc21. The van der Waals surface area contributed by atoms with E-state index in [9.17, 15) is 10.1 Å². The number of thiazole rings is 1. The molecule has 150 valence electrons. The third-order valence-corrected chi connectivity index (χ3v) is 7.10. The number of nitriles is 1. The van der Waals surface area contributed by atoms with E-state index in [-0.39, 0.29) is 5.78 Å². The van der Waals surface area contributed by atoms with E-state index in [1.165, 1.54) is 23.1 Å². The van der Waals surface area contributed by atoms with E-state index in [0.29, 0.717) is 27.1 Å². The first-order chi connectivity index (χ1) is 15.2. The summed E-state index contributed by atoms with van der Waals surface area (Å²) in [5.41, 5.74) is 3.56. The van der Waals surface area contributed by atoms with E-state index < -0.39 is 5.92 Å². The van der Waals surface area contributed by atoms with Crippen LogP contribution in [0.4, 0.5) is 0 Å². The molecule has 1 N–H and O–H groups in total. The number of Topliss-reactive ketones (excluding diaryl/α,β-unsaturated/α-hetero) is 1. The van der Waals surface area contributed by atoms with E-state index >= 15 is 0 Å². The van der Waals surface area contributed by atoms with Crippen LogP contribution in [0.3, 0.4) is 0 Å². The van der Waals surface area contributed by atoms with Crippen molar-refractivity contribution in [2.45, 2.75) is 12.5 Å². The lowest BCUT2D eigenvalue weighted by atomic mass is 10.0. The number of para-hydroxylation sites is 1. The lowest BCUT2D eigenvalue weighted by Gasteiger charge is -2.07. The lowest BCUT2D eigenvalue weighted by molar-refractivity contribution is -0.114. The fourth-order valence-corrected chi connectivity index (χ4v) is 5.60. The zero-order valence-electron chi connectivity index (χ0n) is 16.3. The maximum atomic E-state index is 13.0. The number of benzene rings is 2. The molecule has 0 saturated carbocycles. The Morgan fingerprint density at radius 1 is 1.19 bits per heavy atom. The largest absolute Gasteiger partial charge is 0.342 e. The van der Waals surface area contributed by atoms with Crippen molar-refractivity contribution in [3.8, 4) is 6.07 Å². The molecule has 2 aromatic heterocycles. The highest BCUT2D eigenvalue weighted by Gasteiger charge is 2.38. The maximum absolute atomic E-state index is 13.0. The van der Waals surface area contributed by atoms with Gasteiger partial charge in [0.15, 0.2) is 5.78 Å². The molecular formula is C24H16N4OS2. The van der Waals surface area contributed by atoms with Gasteiger partial charge in [-0.05, 0) is 23.8 Å². The number of ketones is 1. The van der Waals surface area contributed by atoms with Gasteiger partial charge in [0.2, 0.25) is 0 Å².